The van der Waals surface area contributed by atoms with Crippen LogP contribution in [0.4, 0.5) is 0 Å². The molecule has 4 nitrogen and oxygen atoms in total. The van der Waals surface area contributed by atoms with Gasteiger partial charge >= 0.3 is 0 Å². The molecule has 0 spiro atoms. The van der Waals surface area contributed by atoms with Gasteiger partial charge in [0.25, 0.3) is 0 Å². The fraction of sp³-hybridized carbons (Fsp3) is 0.467. The number of nitrogens with zero attached hydrogens (tertiary/aromatic N) is 2. The lowest BCUT2D eigenvalue weighted by Gasteiger charge is -2.25. The number of aromatic amines is 1. The van der Waals surface area contributed by atoms with Crippen LogP contribution in [0.15, 0.2) is 24.3 Å². The van der Waals surface area contributed by atoms with Crippen LogP contribution in [-0.2, 0) is 17.7 Å². The third-order valence-electron chi connectivity index (χ3n) is 3.99. The van der Waals surface area contributed by atoms with E-state index < -0.39 is 0 Å². The highest BCUT2D eigenvalue weighted by Gasteiger charge is 2.25. The fourth-order valence-electron chi connectivity index (χ4n) is 3.02. The molecular weight excluding hydrogens is 270 g/mol. The summed E-state index contributed by atoms with van der Waals surface area (Å²) in [6.45, 7) is 1.40. The first-order valence-corrected chi connectivity index (χ1v) is 7.44. The highest BCUT2D eigenvalue weighted by Crippen LogP contribution is 2.35. The molecule has 0 amide bonds. The maximum Gasteiger partial charge on any atom is 0.195 e. The van der Waals surface area contributed by atoms with Crippen molar-refractivity contribution in [2.45, 2.75) is 31.7 Å². The van der Waals surface area contributed by atoms with Gasteiger partial charge in [0.2, 0.25) is 0 Å². The Hall–Kier alpha value is -1.46. The van der Waals surface area contributed by atoms with Crippen molar-refractivity contribution in [3.05, 3.63) is 46.0 Å². The second-order valence-corrected chi connectivity index (χ2v) is 5.56. The summed E-state index contributed by atoms with van der Waals surface area (Å²) in [7, 11) is 1.71. The van der Waals surface area contributed by atoms with E-state index in [9.17, 15) is 0 Å². The highest BCUT2D eigenvalue weighted by molar-refractivity contribution is 7.71. The minimum atomic E-state index is 0.338. The van der Waals surface area contributed by atoms with Crippen LogP contribution >= 0.6 is 12.2 Å². The maximum absolute atomic E-state index is 5.34. The number of hydrogen-bond acceptors (Lipinski definition) is 3. The molecule has 3 rings (SSSR count). The van der Waals surface area contributed by atoms with E-state index >= 15 is 0 Å². The number of fused-ring (bicyclic) bond motifs is 1. The van der Waals surface area contributed by atoms with Crippen LogP contribution in [0.25, 0.3) is 0 Å². The van der Waals surface area contributed by atoms with E-state index in [4.69, 9.17) is 17.0 Å². The zero-order chi connectivity index (χ0) is 13.9. The summed E-state index contributed by atoms with van der Waals surface area (Å²) in [6, 6.07) is 8.67. The summed E-state index contributed by atoms with van der Waals surface area (Å²) in [4.78, 5) is 0. The van der Waals surface area contributed by atoms with Crippen molar-refractivity contribution in [3.8, 4) is 0 Å². The molecule has 1 atom stereocenters. The quantitative estimate of drug-likeness (QED) is 0.880. The van der Waals surface area contributed by atoms with Crippen LogP contribution in [0, 0.1) is 4.77 Å². The van der Waals surface area contributed by atoms with Gasteiger partial charge < -0.3 is 9.30 Å². The number of benzene rings is 1. The molecule has 1 heterocycles. The number of rotatable bonds is 4. The molecule has 5 heteroatoms. The molecule has 0 saturated heterocycles. The van der Waals surface area contributed by atoms with Crippen molar-refractivity contribution in [2.24, 2.45) is 0 Å². The predicted octanol–water partition coefficient (Wildman–Crippen LogP) is 3.06. The van der Waals surface area contributed by atoms with Crippen molar-refractivity contribution < 1.29 is 4.74 Å². The number of methoxy groups -OCH3 is 1. The molecular formula is C15H19N3OS. The second-order valence-electron chi connectivity index (χ2n) is 5.18. The summed E-state index contributed by atoms with van der Waals surface area (Å²) >= 11 is 5.34. The lowest BCUT2D eigenvalue weighted by atomic mass is 9.82. The van der Waals surface area contributed by atoms with E-state index in [0.717, 1.165) is 25.2 Å². The van der Waals surface area contributed by atoms with Crippen molar-refractivity contribution in [3.63, 3.8) is 0 Å². The third kappa shape index (κ3) is 2.43. The molecule has 1 aliphatic rings. The SMILES string of the molecule is COCCn1c(C2CCCc3ccccc32)n[nH]c1=S. The lowest BCUT2D eigenvalue weighted by Crippen LogP contribution is -2.17. The van der Waals surface area contributed by atoms with Gasteiger partial charge in [-0.15, -0.1) is 0 Å². The number of aryl methyl sites for hydroxylation is 1. The standard InChI is InChI=1S/C15H19N3OS/c1-19-10-9-18-14(16-17-15(18)20)13-8-4-6-11-5-2-3-7-12(11)13/h2-3,5,7,13H,4,6,8-10H2,1H3,(H,17,20). The van der Waals surface area contributed by atoms with Crippen LogP contribution < -0.4 is 0 Å². The molecule has 2 aromatic rings. The Morgan fingerprint density at radius 3 is 3.15 bits per heavy atom. The Balaban J connectivity index is 2.00. The first kappa shape index (κ1) is 13.5. The van der Waals surface area contributed by atoms with Crippen molar-refractivity contribution >= 4 is 12.2 Å². The summed E-state index contributed by atoms with van der Waals surface area (Å²) in [6.07, 6.45) is 3.49. The zero-order valence-corrected chi connectivity index (χ0v) is 12.4. The van der Waals surface area contributed by atoms with Gasteiger partial charge in [0.15, 0.2) is 4.77 Å². The molecule has 0 aliphatic heterocycles. The number of hydrogen-bond donors (Lipinski definition) is 1. The van der Waals surface area contributed by atoms with Gasteiger partial charge in [-0.05, 0) is 42.6 Å². The Morgan fingerprint density at radius 2 is 2.30 bits per heavy atom. The van der Waals surface area contributed by atoms with E-state index in [1.54, 1.807) is 7.11 Å². The molecule has 1 unspecified atom stereocenters. The summed E-state index contributed by atoms with van der Waals surface area (Å²) in [5, 5.41) is 7.42. The van der Waals surface area contributed by atoms with E-state index in [2.05, 4.69) is 39.0 Å². The Labute approximate surface area is 123 Å². The first-order chi connectivity index (χ1) is 9.81. The van der Waals surface area contributed by atoms with Crippen LogP contribution in [0.5, 0.6) is 0 Å². The molecule has 0 fully saturated rings. The lowest BCUT2D eigenvalue weighted by molar-refractivity contribution is 0.185. The molecule has 1 aromatic carbocycles. The van der Waals surface area contributed by atoms with E-state index in [1.165, 1.54) is 17.5 Å². The van der Waals surface area contributed by atoms with Gasteiger partial charge in [-0.2, -0.15) is 5.10 Å². The monoisotopic (exact) mass is 289 g/mol. The van der Waals surface area contributed by atoms with Crippen LogP contribution in [0.2, 0.25) is 0 Å². The molecule has 106 valence electrons. The normalized spacial score (nSPS) is 17.9. The fourth-order valence-corrected chi connectivity index (χ4v) is 3.25. The molecule has 20 heavy (non-hydrogen) atoms. The van der Waals surface area contributed by atoms with E-state index in [0.29, 0.717) is 17.3 Å². The molecule has 0 saturated carbocycles. The summed E-state index contributed by atoms with van der Waals surface area (Å²) in [5.41, 5.74) is 2.84. The van der Waals surface area contributed by atoms with Crippen molar-refractivity contribution in [1.82, 2.24) is 14.8 Å². The Bertz CT molecular complexity index is 647. The summed E-state index contributed by atoms with van der Waals surface area (Å²) < 4.78 is 7.93. The number of aromatic nitrogens is 3. The molecule has 1 aliphatic carbocycles. The van der Waals surface area contributed by atoms with Gasteiger partial charge in [-0.1, -0.05) is 24.3 Å². The zero-order valence-electron chi connectivity index (χ0n) is 11.6. The number of nitrogens with one attached hydrogen (secondary N) is 1. The van der Waals surface area contributed by atoms with Crippen LogP contribution in [0.1, 0.15) is 35.7 Å². The molecule has 1 aromatic heterocycles. The third-order valence-corrected chi connectivity index (χ3v) is 4.30. The Kier molecular flexibility index (Phi) is 3.98. The highest BCUT2D eigenvalue weighted by atomic mass is 32.1. The van der Waals surface area contributed by atoms with Crippen LogP contribution in [-0.4, -0.2) is 28.5 Å². The molecule has 0 bridgehead atoms. The minimum absolute atomic E-state index is 0.338. The average molecular weight is 289 g/mol. The van der Waals surface area contributed by atoms with Crippen LogP contribution in [0.3, 0.4) is 0 Å². The predicted molar refractivity (Wildman–Crippen MR) is 80.5 cm³/mol. The number of H-pyrrole nitrogens is 1. The van der Waals surface area contributed by atoms with Crippen molar-refractivity contribution in [2.75, 3.05) is 13.7 Å². The van der Waals surface area contributed by atoms with Gasteiger partial charge in [-0.3, -0.25) is 5.10 Å². The van der Waals surface area contributed by atoms with Gasteiger partial charge in [-0.25, -0.2) is 0 Å². The first-order valence-electron chi connectivity index (χ1n) is 7.03. The van der Waals surface area contributed by atoms with E-state index in [-0.39, 0.29) is 0 Å². The van der Waals surface area contributed by atoms with Crippen molar-refractivity contribution in [1.29, 1.82) is 0 Å². The van der Waals surface area contributed by atoms with Gasteiger partial charge in [0.05, 0.1) is 13.2 Å². The molecule has 1 N–H and O–H groups in total. The molecule has 0 radical (unpaired) electrons. The smallest absolute Gasteiger partial charge is 0.195 e. The largest absolute Gasteiger partial charge is 0.383 e. The maximum atomic E-state index is 5.34. The number of ether oxygens (including phenoxy) is 1. The minimum Gasteiger partial charge on any atom is -0.383 e. The topological polar surface area (TPSA) is 42.8 Å². The van der Waals surface area contributed by atoms with E-state index in [1.807, 2.05) is 0 Å². The Morgan fingerprint density at radius 1 is 1.45 bits per heavy atom. The van der Waals surface area contributed by atoms with Gasteiger partial charge in [0.1, 0.15) is 5.82 Å². The average Bonchev–Trinajstić information content (AvgIpc) is 2.85. The summed E-state index contributed by atoms with van der Waals surface area (Å²) in [5.74, 6) is 1.38. The second kappa shape index (κ2) is 5.89. The van der Waals surface area contributed by atoms with Gasteiger partial charge in [0, 0.05) is 13.0 Å².